The van der Waals surface area contributed by atoms with Gasteiger partial charge in [0.05, 0.1) is 11.9 Å². The van der Waals surface area contributed by atoms with Crippen LogP contribution in [0.3, 0.4) is 0 Å². The Hall–Kier alpha value is -1.10. The molecule has 14 heavy (non-hydrogen) atoms. The normalized spacial score (nSPS) is 22.1. The second-order valence-corrected chi connectivity index (χ2v) is 6.39. The van der Waals surface area contributed by atoms with Crippen LogP contribution in [0.1, 0.15) is 19.4 Å². The molecular formula is C9H12N2O2S. The van der Waals surface area contributed by atoms with Crippen LogP contribution in [0.15, 0.2) is 18.5 Å². The number of rotatable bonds is 0. The predicted molar refractivity (Wildman–Crippen MR) is 54.6 cm³/mol. The summed E-state index contributed by atoms with van der Waals surface area (Å²) in [6, 6.07) is 1.76. The van der Waals surface area contributed by atoms with Crippen molar-refractivity contribution in [3.8, 4) is 0 Å². The van der Waals surface area contributed by atoms with Crippen LogP contribution >= 0.6 is 0 Å². The van der Waals surface area contributed by atoms with Crippen LogP contribution in [-0.4, -0.2) is 20.4 Å². The molecule has 0 saturated heterocycles. The number of aromatic nitrogens is 1. The van der Waals surface area contributed by atoms with E-state index in [0.717, 1.165) is 5.56 Å². The van der Waals surface area contributed by atoms with E-state index in [2.05, 4.69) is 4.98 Å². The molecule has 0 N–H and O–H groups in total. The summed E-state index contributed by atoms with van der Waals surface area (Å²) in [6.07, 6.45) is 3.21. The predicted octanol–water partition coefficient (Wildman–Crippen LogP) is 1.10. The van der Waals surface area contributed by atoms with Crippen LogP contribution in [0, 0.1) is 0 Å². The molecule has 0 unspecified atom stereocenters. The van der Waals surface area contributed by atoms with E-state index in [-0.39, 0.29) is 0 Å². The lowest BCUT2D eigenvalue weighted by atomic mass is 10.0. The van der Waals surface area contributed by atoms with Crippen molar-refractivity contribution in [3.05, 3.63) is 24.0 Å². The number of nitrogens with zero attached hydrogens (tertiary/aromatic N) is 2. The monoisotopic (exact) mass is 212 g/mol. The SMILES string of the molecule is CN1c2cnccc2C(C)(C)S1(=O)=O. The molecule has 5 heteroatoms. The molecule has 1 aliphatic heterocycles. The van der Waals surface area contributed by atoms with Gasteiger partial charge >= 0.3 is 0 Å². The molecule has 2 heterocycles. The van der Waals surface area contributed by atoms with Crippen LogP contribution < -0.4 is 4.31 Å². The van der Waals surface area contributed by atoms with Gasteiger partial charge in [0, 0.05) is 18.8 Å². The number of pyridine rings is 1. The second kappa shape index (κ2) is 2.48. The third-order valence-corrected chi connectivity index (χ3v) is 5.22. The summed E-state index contributed by atoms with van der Waals surface area (Å²) in [7, 11) is -1.71. The molecule has 0 amide bonds. The van der Waals surface area contributed by atoms with E-state index in [4.69, 9.17) is 0 Å². The third-order valence-electron chi connectivity index (χ3n) is 2.79. The van der Waals surface area contributed by atoms with Crippen LogP contribution in [0.4, 0.5) is 5.69 Å². The lowest BCUT2D eigenvalue weighted by Gasteiger charge is -2.19. The molecule has 76 valence electrons. The summed E-state index contributed by atoms with van der Waals surface area (Å²) in [4.78, 5) is 3.93. The van der Waals surface area contributed by atoms with Crippen molar-refractivity contribution in [2.45, 2.75) is 18.6 Å². The molecule has 1 aliphatic rings. The van der Waals surface area contributed by atoms with Gasteiger partial charge in [-0.05, 0) is 19.9 Å². The largest absolute Gasteiger partial charge is 0.271 e. The zero-order valence-electron chi connectivity index (χ0n) is 8.35. The first-order valence-electron chi connectivity index (χ1n) is 4.32. The minimum absolute atomic E-state index is 0.678. The first-order chi connectivity index (χ1) is 6.39. The molecule has 0 aliphatic carbocycles. The first-order valence-corrected chi connectivity index (χ1v) is 5.76. The van der Waals surface area contributed by atoms with E-state index in [1.54, 1.807) is 39.4 Å². The Bertz CT molecular complexity index is 479. The van der Waals surface area contributed by atoms with Crippen LogP contribution in [0.5, 0.6) is 0 Å². The van der Waals surface area contributed by atoms with Crippen molar-refractivity contribution >= 4 is 15.7 Å². The minimum atomic E-state index is -3.27. The molecule has 4 nitrogen and oxygen atoms in total. The molecule has 0 aromatic carbocycles. The van der Waals surface area contributed by atoms with Gasteiger partial charge in [-0.3, -0.25) is 9.29 Å². The Kier molecular flexibility index (Phi) is 1.67. The topological polar surface area (TPSA) is 50.3 Å². The summed E-state index contributed by atoms with van der Waals surface area (Å²) in [5.41, 5.74) is 1.49. The lowest BCUT2D eigenvalue weighted by Crippen LogP contribution is -2.33. The zero-order chi connectivity index (χ0) is 10.6. The fourth-order valence-electron chi connectivity index (χ4n) is 1.76. The van der Waals surface area contributed by atoms with Crippen LogP contribution in [-0.2, 0) is 14.8 Å². The number of anilines is 1. The highest BCUT2D eigenvalue weighted by atomic mass is 32.2. The van der Waals surface area contributed by atoms with Crippen molar-refractivity contribution in [2.75, 3.05) is 11.4 Å². The molecule has 0 fully saturated rings. The Morgan fingerprint density at radius 1 is 1.43 bits per heavy atom. The van der Waals surface area contributed by atoms with Gasteiger partial charge in [0.25, 0.3) is 0 Å². The molecule has 1 aromatic rings. The molecule has 0 atom stereocenters. The highest BCUT2D eigenvalue weighted by molar-refractivity contribution is 7.94. The molecule has 0 spiro atoms. The average Bonchev–Trinajstić information content (AvgIpc) is 2.27. The van der Waals surface area contributed by atoms with E-state index < -0.39 is 14.8 Å². The van der Waals surface area contributed by atoms with E-state index in [1.165, 1.54) is 4.31 Å². The van der Waals surface area contributed by atoms with E-state index >= 15 is 0 Å². The van der Waals surface area contributed by atoms with Gasteiger partial charge in [-0.15, -0.1) is 0 Å². The maximum Gasteiger partial charge on any atom is 0.244 e. The van der Waals surface area contributed by atoms with E-state index in [1.807, 2.05) is 0 Å². The summed E-state index contributed by atoms with van der Waals surface area (Å²) >= 11 is 0. The van der Waals surface area contributed by atoms with Gasteiger partial charge < -0.3 is 0 Å². The summed E-state index contributed by atoms with van der Waals surface area (Å²) in [6.45, 7) is 3.43. The highest BCUT2D eigenvalue weighted by Gasteiger charge is 2.47. The maximum atomic E-state index is 12.0. The van der Waals surface area contributed by atoms with Gasteiger partial charge in [0.15, 0.2) is 0 Å². The van der Waals surface area contributed by atoms with Gasteiger partial charge in [-0.25, -0.2) is 8.42 Å². The molecule has 0 saturated carbocycles. The Morgan fingerprint density at radius 3 is 2.64 bits per heavy atom. The highest BCUT2D eigenvalue weighted by Crippen LogP contribution is 2.44. The molecule has 2 rings (SSSR count). The first kappa shape index (κ1) is 9.45. The summed E-state index contributed by atoms with van der Waals surface area (Å²) < 4.78 is 24.4. The van der Waals surface area contributed by atoms with Crippen molar-refractivity contribution in [1.29, 1.82) is 0 Å². The molecular weight excluding hydrogens is 200 g/mol. The quantitative estimate of drug-likeness (QED) is 0.647. The average molecular weight is 212 g/mol. The van der Waals surface area contributed by atoms with Crippen molar-refractivity contribution < 1.29 is 8.42 Å². The smallest absolute Gasteiger partial charge is 0.244 e. The third kappa shape index (κ3) is 0.877. The van der Waals surface area contributed by atoms with Crippen molar-refractivity contribution in [3.63, 3.8) is 0 Å². The van der Waals surface area contributed by atoms with Crippen LogP contribution in [0.25, 0.3) is 0 Å². The maximum absolute atomic E-state index is 12.0. The molecule has 0 bridgehead atoms. The zero-order valence-corrected chi connectivity index (χ0v) is 9.17. The molecule has 0 radical (unpaired) electrons. The van der Waals surface area contributed by atoms with Gasteiger partial charge in [-0.1, -0.05) is 0 Å². The number of hydrogen-bond acceptors (Lipinski definition) is 3. The van der Waals surface area contributed by atoms with Gasteiger partial charge in [0.1, 0.15) is 4.75 Å². The number of hydrogen-bond donors (Lipinski definition) is 0. The Morgan fingerprint density at radius 2 is 2.07 bits per heavy atom. The standard InChI is InChI=1S/C9H12N2O2S/c1-9(2)7-4-5-10-6-8(7)11(3)14(9,12)13/h4-6H,1-3H3. The fraction of sp³-hybridized carbons (Fsp3) is 0.444. The Labute approximate surface area is 83.6 Å². The number of fused-ring (bicyclic) bond motifs is 1. The van der Waals surface area contributed by atoms with Crippen LogP contribution in [0.2, 0.25) is 0 Å². The van der Waals surface area contributed by atoms with Gasteiger partial charge in [-0.2, -0.15) is 0 Å². The second-order valence-electron chi connectivity index (χ2n) is 3.88. The lowest BCUT2D eigenvalue weighted by molar-refractivity contribution is 0.562. The fourth-order valence-corrected chi connectivity index (χ4v) is 3.30. The Balaban J connectivity index is 2.81. The van der Waals surface area contributed by atoms with E-state index in [9.17, 15) is 8.42 Å². The minimum Gasteiger partial charge on any atom is -0.271 e. The summed E-state index contributed by atoms with van der Waals surface area (Å²) in [5.74, 6) is 0. The van der Waals surface area contributed by atoms with Gasteiger partial charge in [0.2, 0.25) is 10.0 Å². The number of sulfonamides is 1. The molecule has 1 aromatic heterocycles. The van der Waals surface area contributed by atoms with Crippen molar-refractivity contribution in [1.82, 2.24) is 4.98 Å². The summed E-state index contributed by atoms with van der Waals surface area (Å²) in [5, 5.41) is 0. The van der Waals surface area contributed by atoms with Crippen molar-refractivity contribution in [2.24, 2.45) is 0 Å². The van der Waals surface area contributed by atoms with E-state index in [0.29, 0.717) is 5.69 Å².